The number of nitrogens with zero attached hydrogens (tertiary/aromatic N) is 4. The fourth-order valence-corrected chi connectivity index (χ4v) is 3.20. The van der Waals surface area contributed by atoms with Crippen LogP contribution in [0.5, 0.6) is 0 Å². The smallest absolute Gasteiger partial charge is 0.253 e. The number of aryl methyl sites for hydroxylation is 1. The van der Waals surface area contributed by atoms with Gasteiger partial charge in [-0.1, -0.05) is 12.1 Å². The number of carbonyl (C=O) groups is 1. The van der Waals surface area contributed by atoms with Gasteiger partial charge in [0.2, 0.25) is 5.89 Å². The summed E-state index contributed by atoms with van der Waals surface area (Å²) < 4.78 is 5.21. The van der Waals surface area contributed by atoms with Gasteiger partial charge >= 0.3 is 0 Å². The van der Waals surface area contributed by atoms with Gasteiger partial charge in [-0.3, -0.25) is 4.79 Å². The number of fused-ring (bicyclic) bond motifs is 1. The monoisotopic (exact) mass is 325 g/mol. The first-order valence-electron chi connectivity index (χ1n) is 8.29. The van der Waals surface area contributed by atoms with Gasteiger partial charge in [-0.25, -0.2) is 4.98 Å². The highest BCUT2D eigenvalue weighted by atomic mass is 16.5. The highest BCUT2D eigenvalue weighted by molar-refractivity contribution is 5.97. The second-order valence-corrected chi connectivity index (χ2v) is 6.12. The average molecular weight is 325 g/mol. The number of aromatic nitrogens is 4. The molecule has 1 amide bonds. The van der Waals surface area contributed by atoms with Crippen molar-refractivity contribution in [3.63, 3.8) is 0 Å². The highest BCUT2D eigenvalue weighted by Gasteiger charge is 2.28. The van der Waals surface area contributed by atoms with Crippen LogP contribution in [-0.4, -0.2) is 44.0 Å². The Morgan fingerprint density at radius 1 is 1.46 bits per heavy atom. The summed E-state index contributed by atoms with van der Waals surface area (Å²) in [6.07, 6.45) is 4.29. The molecule has 0 saturated carbocycles. The molecule has 1 N–H and O–H groups in total. The average Bonchev–Trinajstić information content (AvgIpc) is 3.29. The van der Waals surface area contributed by atoms with Gasteiger partial charge in [-0.15, -0.1) is 0 Å². The van der Waals surface area contributed by atoms with Gasteiger partial charge in [0.1, 0.15) is 0 Å². The second-order valence-electron chi connectivity index (χ2n) is 6.12. The lowest BCUT2D eigenvalue weighted by atomic mass is 9.96. The third kappa shape index (κ3) is 2.66. The first-order chi connectivity index (χ1) is 11.7. The fourth-order valence-electron chi connectivity index (χ4n) is 3.20. The molecule has 0 aliphatic carbocycles. The van der Waals surface area contributed by atoms with Crippen LogP contribution in [0.25, 0.3) is 11.0 Å². The quantitative estimate of drug-likeness (QED) is 0.799. The molecule has 1 aliphatic heterocycles. The van der Waals surface area contributed by atoms with Crippen LogP contribution in [0.3, 0.4) is 0 Å². The van der Waals surface area contributed by atoms with E-state index in [-0.39, 0.29) is 11.8 Å². The zero-order chi connectivity index (χ0) is 16.5. The molecule has 0 unspecified atom stereocenters. The molecule has 1 atom stereocenters. The SMILES string of the molecule is CCc1nc([C@H]2CCCN(C(=O)c3ccc4nc[nH]c4c3)C2)no1. The van der Waals surface area contributed by atoms with Crippen molar-refractivity contribution >= 4 is 16.9 Å². The van der Waals surface area contributed by atoms with E-state index >= 15 is 0 Å². The van der Waals surface area contributed by atoms with Crippen molar-refractivity contribution in [1.82, 2.24) is 25.0 Å². The summed E-state index contributed by atoms with van der Waals surface area (Å²) in [4.78, 5) is 26.4. The number of nitrogens with one attached hydrogen (secondary N) is 1. The molecule has 1 saturated heterocycles. The molecule has 3 heterocycles. The van der Waals surface area contributed by atoms with E-state index in [1.807, 2.05) is 30.0 Å². The number of rotatable bonds is 3. The molecule has 7 nitrogen and oxygen atoms in total. The van der Waals surface area contributed by atoms with E-state index in [9.17, 15) is 4.79 Å². The molecule has 1 aromatic carbocycles. The lowest BCUT2D eigenvalue weighted by Crippen LogP contribution is -2.39. The maximum Gasteiger partial charge on any atom is 0.253 e. The second kappa shape index (κ2) is 6.07. The molecule has 0 radical (unpaired) electrons. The molecule has 1 aliphatic rings. The Labute approximate surface area is 139 Å². The molecule has 24 heavy (non-hydrogen) atoms. The minimum absolute atomic E-state index is 0.0374. The number of aromatic amines is 1. The van der Waals surface area contributed by atoms with E-state index in [0.717, 1.165) is 36.8 Å². The van der Waals surface area contributed by atoms with E-state index in [2.05, 4.69) is 20.1 Å². The predicted molar refractivity (Wildman–Crippen MR) is 87.6 cm³/mol. The number of likely N-dealkylation sites (tertiary alicyclic amines) is 1. The predicted octanol–water partition coefficient (Wildman–Crippen LogP) is 2.53. The van der Waals surface area contributed by atoms with E-state index in [4.69, 9.17) is 4.52 Å². The zero-order valence-corrected chi connectivity index (χ0v) is 13.5. The van der Waals surface area contributed by atoms with Crippen molar-refractivity contribution in [2.75, 3.05) is 13.1 Å². The normalized spacial score (nSPS) is 18.2. The molecule has 4 rings (SSSR count). The summed E-state index contributed by atoms with van der Waals surface area (Å²) in [5.74, 6) is 1.55. The van der Waals surface area contributed by atoms with Crippen molar-refractivity contribution < 1.29 is 9.32 Å². The van der Waals surface area contributed by atoms with E-state index in [0.29, 0.717) is 23.8 Å². The number of amides is 1. The molecular formula is C17H19N5O2. The number of imidazole rings is 1. The Hall–Kier alpha value is -2.70. The van der Waals surface area contributed by atoms with Crippen LogP contribution in [0.4, 0.5) is 0 Å². The summed E-state index contributed by atoms with van der Waals surface area (Å²) in [6, 6.07) is 5.56. The van der Waals surface area contributed by atoms with Crippen LogP contribution in [-0.2, 0) is 6.42 Å². The van der Waals surface area contributed by atoms with Crippen LogP contribution < -0.4 is 0 Å². The Balaban J connectivity index is 1.53. The molecule has 3 aromatic rings. The van der Waals surface area contributed by atoms with Crippen LogP contribution in [0.1, 0.15) is 47.8 Å². The van der Waals surface area contributed by atoms with Crippen molar-refractivity contribution in [3.05, 3.63) is 41.8 Å². The van der Waals surface area contributed by atoms with Crippen LogP contribution in [0.2, 0.25) is 0 Å². The minimum Gasteiger partial charge on any atom is -0.345 e. The van der Waals surface area contributed by atoms with Gasteiger partial charge in [0, 0.05) is 31.0 Å². The minimum atomic E-state index is 0.0374. The number of piperidine rings is 1. The number of H-pyrrole nitrogens is 1. The Bertz CT molecular complexity index is 869. The number of hydrogen-bond acceptors (Lipinski definition) is 5. The summed E-state index contributed by atoms with van der Waals surface area (Å²) in [5.41, 5.74) is 2.41. The van der Waals surface area contributed by atoms with Crippen molar-refractivity contribution in [1.29, 1.82) is 0 Å². The number of hydrogen-bond donors (Lipinski definition) is 1. The summed E-state index contributed by atoms with van der Waals surface area (Å²) >= 11 is 0. The lowest BCUT2D eigenvalue weighted by Gasteiger charge is -2.31. The van der Waals surface area contributed by atoms with Crippen LogP contribution in [0.15, 0.2) is 29.0 Å². The summed E-state index contributed by atoms with van der Waals surface area (Å²) in [6.45, 7) is 3.37. The number of benzene rings is 1. The molecule has 2 aromatic heterocycles. The Kier molecular flexibility index (Phi) is 3.76. The molecule has 7 heteroatoms. The van der Waals surface area contributed by atoms with Crippen LogP contribution >= 0.6 is 0 Å². The Morgan fingerprint density at radius 2 is 2.38 bits per heavy atom. The van der Waals surface area contributed by atoms with Crippen molar-refractivity contribution in [2.24, 2.45) is 0 Å². The van der Waals surface area contributed by atoms with Gasteiger partial charge in [-0.2, -0.15) is 4.98 Å². The third-order valence-electron chi connectivity index (χ3n) is 4.53. The highest BCUT2D eigenvalue weighted by Crippen LogP contribution is 2.26. The van der Waals surface area contributed by atoms with E-state index < -0.39 is 0 Å². The first-order valence-corrected chi connectivity index (χ1v) is 8.29. The molecule has 0 spiro atoms. The van der Waals surface area contributed by atoms with Crippen LogP contribution in [0, 0.1) is 0 Å². The van der Waals surface area contributed by atoms with Crippen molar-refractivity contribution in [3.8, 4) is 0 Å². The van der Waals surface area contributed by atoms with Gasteiger partial charge in [0.15, 0.2) is 5.82 Å². The van der Waals surface area contributed by atoms with Crippen molar-refractivity contribution in [2.45, 2.75) is 32.1 Å². The largest absolute Gasteiger partial charge is 0.345 e. The zero-order valence-electron chi connectivity index (χ0n) is 13.5. The fraction of sp³-hybridized carbons (Fsp3) is 0.412. The molecule has 1 fully saturated rings. The van der Waals surface area contributed by atoms with E-state index in [1.165, 1.54) is 0 Å². The maximum atomic E-state index is 12.8. The first kappa shape index (κ1) is 14.9. The standard InChI is InChI=1S/C17H19N5O2/c1-2-15-20-16(21-24-15)12-4-3-7-22(9-12)17(23)11-5-6-13-14(8-11)19-10-18-13/h5-6,8,10,12H,2-4,7,9H2,1H3,(H,18,19)/t12-/m0/s1. The summed E-state index contributed by atoms with van der Waals surface area (Å²) in [7, 11) is 0. The van der Waals surface area contributed by atoms with E-state index in [1.54, 1.807) is 6.33 Å². The van der Waals surface area contributed by atoms with Gasteiger partial charge in [0.25, 0.3) is 5.91 Å². The third-order valence-corrected chi connectivity index (χ3v) is 4.53. The maximum absolute atomic E-state index is 12.8. The van der Waals surface area contributed by atoms with Gasteiger partial charge in [0.05, 0.1) is 17.4 Å². The lowest BCUT2D eigenvalue weighted by molar-refractivity contribution is 0.0703. The molecule has 0 bridgehead atoms. The summed E-state index contributed by atoms with van der Waals surface area (Å²) in [5, 5.41) is 4.07. The number of carbonyl (C=O) groups excluding carboxylic acids is 1. The molecular weight excluding hydrogens is 306 g/mol. The van der Waals surface area contributed by atoms with Gasteiger partial charge < -0.3 is 14.4 Å². The Morgan fingerprint density at radius 3 is 3.21 bits per heavy atom. The molecule has 124 valence electrons. The van der Waals surface area contributed by atoms with Gasteiger partial charge in [-0.05, 0) is 31.0 Å². The topological polar surface area (TPSA) is 87.9 Å².